The van der Waals surface area contributed by atoms with Crippen molar-refractivity contribution in [1.29, 1.82) is 0 Å². The third kappa shape index (κ3) is 4.64. The van der Waals surface area contributed by atoms with E-state index in [0.717, 1.165) is 5.75 Å². The van der Waals surface area contributed by atoms with E-state index in [1.807, 2.05) is 6.92 Å². The van der Waals surface area contributed by atoms with E-state index >= 15 is 0 Å². The van der Waals surface area contributed by atoms with Gasteiger partial charge in [-0.15, -0.1) is 0 Å². The van der Waals surface area contributed by atoms with E-state index < -0.39 is 10.8 Å². The lowest BCUT2D eigenvalue weighted by molar-refractivity contribution is -0.143. The maximum absolute atomic E-state index is 11.9. The van der Waals surface area contributed by atoms with E-state index in [4.69, 9.17) is 4.74 Å². The van der Waals surface area contributed by atoms with Crippen LogP contribution in [0.2, 0.25) is 0 Å². The molecule has 0 saturated heterocycles. The molecule has 0 bridgehead atoms. The molecule has 94 valence electrons. The Kier molecular flexibility index (Phi) is 6.03. The lowest BCUT2D eigenvalue weighted by Crippen LogP contribution is -2.22. The molecule has 0 aromatic rings. The lowest BCUT2D eigenvalue weighted by atomic mass is 10.1. The zero-order valence-corrected chi connectivity index (χ0v) is 11.1. The molecule has 4 heteroatoms. The van der Waals surface area contributed by atoms with Crippen LogP contribution in [0.15, 0.2) is 0 Å². The average Bonchev–Trinajstić information content (AvgIpc) is 2.70. The van der Waals surface area contributed by atoms with Gasteiger partial charge in [0.25, 0.3) is 0 Å². The first-order valence-electron chi connectivity index (χ1n) is 6.16. The molecule has 0 heterocycles. The monoisotopic (exact) mass is 246 g/mol. The van der Waals surface area contributed by atoms with E-state index in [1.54, 1.807) is 6.92 Å². The van der Waals surface area contributed by atoms with Crippen LogP contribution in [-0.2, 0) is 20.3 Å². The topological polar surface area (TPSA) is 43.4 Å². The Balaban J connectivity index is 2.26. The summed E-state index contributed by atoms with van der Waals surface area (Å²) in [6.45, 7) is 4.07. The molecule has 0 aromatic carbocycles. The van der Waals surface area contributed by atoms with E-state index in [2.05, 4.69) is 0 Å². The van der Waals surface area contributed by atoms with Crippen LogP contribution in [0.4, 0.5) is 0 Å². The molecule has 1 aliphatic carbocycles. The molecule has 0 N–H and O–H groups in total. The van der Waals surface area contributed by atoms with Crippen LogP contribution in [0.3, 0.4) is 0 Å². The van der Waals surface area contributed by atoms with Crippen molar-refractivity contribution in [2.45, 2.75) is 51.2 Å². The first kappa shape index (κ1) is 13.7. The van der Waals surface area contributed by atoms with Gasteiger partial charge < -0.3 is 4.74 Å². The number of hydrogen-bond donors (Lipinski definition) is 0. The second-order valence-corrected chi connectivity index (χ2v) is 6.42. The third-order valence-electron chi connectivity index (χ3n) is 3.08. The highest BCUT2D eigenvalue weighted by Crippen LogP contribution is 2.26. The van der Waals surface area contributed by atoms with Crippen LogP contribution in [0, 0.1) is 5.92 Å². The molecule has 2 unspecified atom stereocenters. The van der Waals surface area contributed by atoms with Crippen molar-refractivity contribution >= 4 is 16.8 Å². The summed E-state index contributed by atoms with van der Waals surface area (Å²) in [5, 5.41) is -0.0698. The molecule has 1 fully saturated rings. The highest BCUT2D eigenvalue weighted by atomic mass is 32.2. The van der Waals surface area contributed by atoms with Gasteiger partial charge in [-0.1, -0.05) is 19.8 Å². The lowest BCUT2D eigenvalue weighted by Gasteiger charge is -2.13. The van der Waals surface area contributed by atoms with Gasteiger partial charge in [-0.2, -0.15) is 0 Å². The molecular weight excluding hydrogens is 224 g/mol. The minimum atomic E-state index is -0.880. The minimum Gasteiger partial charge on any atom is -0.466 e. The summed E-state index contributed by atoms with van der Waals surface area (Å²) in [5.41, 5.74) is 0. The Bertz CT molecular complexity index is 247. The predicted molar refractivity (Wildman–Crippen MR) is 65.7 cm³/mol. The first-order valence-corrected chi connectivity index (χ1v) is 7.54. The summed E-state index contributed by atoms with van der Waals surface area (Å²) in [6, 6.07) is 0. The summed E-state index contributed by atoms with van der Waals surface area (Å²) < 4.78 is 16.8. The standard InChI is InChI=1S/C12H22O3S/c1-3-15-12(13)8-10(2)16(14)9-11-6-4-5-7-11/h10-11H,3-9H2,1-2H3. The highest BCUT2D eigenvalue weighted by Gasteiger charge is 2.22. The molecule has 16 heavy (non-hydrogen) atoms. The molecule has 2 atom stereocenters. The zero-order valence-electron chi connectivity index (χ0n) is 10.2. The Morgan fingerprint density at radius 3 is 2.62 bits per heavy atom. The fraction of sp³-hybridized carbons (Fsp3) is 0.917. The van der Waals surface area contributed by atoms with Gasteiger partial charge in [0.05, 0.1) is 13.0 Å². The van der Waals surface area contributed by atoms with Crippen molar-refractivity contribution in [2.24, 2.45) is 5.92 Å². The van der Waals surface area contributed by atoms with Crippen molar-refractivity contribution < 1.29 is 13.7 Å². The molecular formula is C12H22O3S. The van der Waals surface area contributed by atoms with Gasteiger partial charge in [0.1, 0.15) is 0 Å². The van der Waals surface area contributed by atoms with Crippen LogP contribution in [0.5, 0.6) is 0 Å². The van der Waals surface area contributed by atoms with Crippen molar-refractivity contribution in [3.63, 3.8) is 0 Å². The number of hydrogen-bond acceptors (Lipinski definition) is 3. The molecule has 0 spiro atoms. The Hall–Kier alpha value is -0.380. The van der Waals surface area contributed by atoms with Gasteiger partial charge in [0, 0.05) is 21.8 Å². The van der Waals surface area contributed by atoms with Crippen LogP contribution in [0.1, 0.15) is 46.0 Å². The smallest absolute Gasteiger partial charge is 0.306 e. The predicted octanol–water partition coefficient (Wildman–Crippen LogP) is 2.27. The molecule has 0 aromatic heterocycles. The summed E-state index contributed by atoms with van der Waals surface area (Å²) in [4.78, 5) is 11.2. The first-order chi connectivity index (χ1) is 7.63. The second-order valence-electron chi connectivity index (χ2n) is 4.52. The van der Waals surface area contributed by atoms with Crippen molar-refractivity contribution in [3.8, 4) is 0 Å². The van der Waals surface area contributed by atoms with E-state index in [1.165, 1.54) is 25.7 Å². The SMILES string of the molecule is CCOC(=O)CC(C)S(=O)CC1CCCC1. The van der Waals surface area contributed by atoms with E-state index in [0.29, 0.717) is 12.5 Å². The van der Waals surface area contributed by atoms with Crippen LogP contribution < -0.4 is 0 Å². The quantitative estimate of drug-likeness (QED) is 0.675. The largest absolute Gasteiger partial charge is 0.466 e. The van der Waals surface area contributed by atoms with Gasteiger partial charge in [0.2, 0.25) is 0 Å². The molecule has 3 nitrogen and oxygen atoms in total. The van der Waals surface area contributed by atoms with Gasteiger partial charge in [0.15, 0.2) is 0 Å². The minimum absolute atomic E-state index is 0.0698. The van der Waals surface area contributed by atoms with Crippen LogP contribution >= 0.6 is 0 Å². The Morgan fingerprint density at radius 2 is 2.06 bits per heavy atom. The summed E-state index contributed by atoms with van der Waals surface area (Å²) >= 11 is 0. The summed E-state index contributed by atoms with van der Waals surface area (Å²) in [7, 11) is -0.880. The Labute approximate surface area is 100 Å². The summed E-state index contributed by atoms with van der Waals surface area (Å²) in [6.07, 6.45) is 5.24. The van der Waals surface area contributed by atoms with Gasteiger partial charge >= 0.3 is 5.97 Å². The van der Waals surface area contributed by atoms with Crippen LogP contribution in [-0.4, -0.2) is 27.8 Å². The number of carbonyl (C=O) groups excluding carboxylic acids is 1. The fourth-order valence-corrected chi connectivity index (χ4v) is 3.57. The van der Waals surface area contributed by atoms with Crippen molar-refractivity contribution in [3.05, 3.63) is 0 Å². The van der Waals surface area contributed by atoms with E-state index in [9.17, 15) is 9.00 Å². The van der Waals surface area contributed by atoms with Crippen molar-refractivity contribution in [2.75, 3.05) is 12.4 Å². The van der Waals surface area contributed by atoms with Gasteiger partial charge in [-0.25, -0.2) is 0 Å². The molecule has 1 aliphatic rings. The number of ether oxygens (including phenoxy) is 1. The Morgan fingerprint density at radius 1 is 1.44 bits per heavy atom. The number of carbonyl (C=O) groups is 1. The molecule has 0 amide bonds. The summed E-state index contributed by atoms with van der Waals surface area (Å²) in [5.74, 6) is 1.15. The maximum Gasteiger partial charge on any atom is 0.306 e. The second kappa shape index (κ2) is 7.05. The maximum atomic E-state index is 11.9. The average molecular weight is 246 g/mol. The normalized spacial score (nSPS) is 20.6. The molecule has 1 saturated carbocycles. The number of esters is 1. The van der Waals surface area contributed by atoms with Crippen LogP contribution in [0.25, 0.3) is 0 Å². The van der Waals surface area contributed by atoms with Crippen molar-refractivity contribution in [1.82, 2.24) is 0 Å². The fourth-order valence-electron chi connectivity index (χ4n) is 2.12. The van der Waals surface area contributed by atoms with E-state index in [-0.39, 0.29) is 17.6 Å². The number of rotatable bonds is 6. The highest BCUT2D eigenvalue weighted by molar-refractivity contribution is 7.85. The molecule has 0 aliphatic heterocycles. The van der Waals surface area contributed by atoms with Gasteiger partial charge in [-0.05, 0) is 25.7 Å². The molecule has 0 radical (unpaired) electrons. The van der Waals surface area contributed by atoms with Gasteiger partial charge in [-0.3, -0.25) is 9.00 Å². The molecule has 1 rings (SSSR count). The third-order valence-corrected chi connectivity index (χ3v) is 4.95. The zero-order chi connectivity index (χ0) is 12.0.